The van der Waals surface area contributed by atoms with Crippen molar-refractivity contribution in [2.75, 3.05) is 0 Å². The molecule has 0 N–H and O–H groups in total. The van der Waals surface area contributed by atoms with Gasteiger partial charge in [-0.1, -0.05) is 35.4 Å². The van der Waals surface area contributed by atoms with Crippen LogP contribution in [0.2, 0.25) is 0 Å². The molecule has 2 radical (unpaired) electrons. The number of hydrogen-bond donors (Lipinski definition) is 0. The van der Waals surface area contributed by atoms with E-state index in [4.69, 9.17) is 7.85 Å². The first-order chi connectivity index (χ1) is 8.41. The zero-order chi connectivity index (χ0) is 13.3. The van der Waals surface area contributed by atoms with Gasteiger partial charge in [0.15, 0.2) is 0 Å². The molecule has 2 fully saturated rings. The maximum atomic E-state index is 12.1. The summed E-state index contributed by atoms with van der Waals surface area (Å²) in [7, 11) is 6.32. The van der Waals surface area contributed by atoms with E-state index in [1.807, 2.05) is 0 Å². The van der Waals surface area contributed by atoms with E-state index in [1.165, 1.54) is 19.3 Å². The Hall–Kier alpha value is 0.265. The molecule has 2 aliphatic rings. The van der Waals surface area contributed by atoms with Crippen LogP contribution in [0.15, 0.2) is 0 Å². The Morgan fingerprint density at radius 3 is 2.72 bits per heavy atom. The number of fused-ring (bicyclic) bond motifs is 1. The van der Waals surface area contributed by atoms with E-state index in [2.05, 4.69) is 41.3 Å². The molecule has 2 nitrogen and oxygen atoms in total. The smallest absolute Gasteiger partial charge is 0.223 e. The third-order valence-electron chi connectivity index (χ3n) is 4.46. The van der Waals surface area contributed by atoms with Crippen molar-refractivity contribution >= 4 is 36.3 Å². The van der Waals surface area contributed by atoms with Crippen LogP contribution in [-0.4, -0.2) is 34.1 Å². The molecule has 100 valence electrons. The average Bonchev–Trinajstić information content (AvgIpc) is 2.59. The van der Waals surface area contributed by atoms with Crippen LogP contribution in [0.25, 0.3) is 0 Å². The van der Waals surface area contributed by atoms with Gasteiger partial charge >= 0.3 is 0 Å². The highest BCUT2D eigenvalue weighted by molar-refractivity contribution is 14.1. The highest BCUT2D eigenvalue weighted by Crippen LogP contribution is 2.39. The predicted molar refractivity (Wildman–Crippen MR) is 84.1 cm³/mol. The lowest BCUT2D eigenvalue weighted by Gasteiger charge is -2.31. The lowest BCUT2D eigenvalue weighted by atomic mass is 9.78. The van der Waals surface area contributed by atoms with Gasteiger partial charge in [-0.2, -0.15) is 0 Å². The molecule has 0 aromatic heterocycles. The molecule has 0 bridgehead atoms. The summed E-state index contributed by atoms with van der Waals surface area (Å²) in [5.41, 5.74) is 0. The minimum Gasteiger partial charge on any atom is -0.337 e. The van der Waals surface area contributed by atoms with Gasteiger partial charge in [-0.15, -0.1) is 0 Å². The van der Waals surface area contributed by atoms with Gasteiger partial charge in [-0.25, -0.2) is 0 Å². The van der Waals surface area contributed by atoms with Crippen molar-refractivity contribution in [1.29, 1.82) is 0 Å². The fraction of sp³-hybridized carbons (Fsp3) is 0.929. The van der Waals surface area contributed by atoms with E-state index in [0.717, 1.165) is 25.7 Å². The van der Waals surface area contributed by atoms with E-state index in [0.29, 0.717) is 23.9 Å². The minimum absolute atomic E-state index is 0.0546. The number of carbonyl (C=O) groups is 1. The topological polar surface area (TPSA) is 20.3 Å². The van der Waals surface area contributed by atoms with Gasteiger partial charge in [0.25, 0.3) is 0 Å². The molecule has 1 aliphatic heterocycles. The summed E-state index contributed by atoms with van der Waals surface area (Å²) in [5.74, 6) is 0.896. The average molecular weight is 359 g/mol. The molecule has 1 saturated heterocycles. The normalized spacial score (nSPS) is 38.2. The van der Waals surface area contributed by atoms with Gasteiger partial charge in [-0.3, -0.25) is 4.79 Å². The van der Waals surface area contributed by atoms with Crippen LogP contribution < -0.4 is 0 Å². The van der Waals surface area contributed by atoms with Gasteiger partial charge in [0.1, 0.15) is 0 Å². The van der Waals surface area contributed by atoms with Gasteiger partial charge in [-0.05, 0) is 48.8 Å². The molecule has 3 atom stereocenters. The largest absolute Gasteiger partial charge is 0.337 e. The number of carbonyl (C=O) groups excluding carboxylic acids is 1. The van der Waals surface area contributed by atoms with Crippen molar-refractivity contribution < 1.29 is 4.79 Å². The van der Waals surface area contributed by atoms with Crippen molar-refractivity contribution in [2.45, 2.75) is 74.2 Å². The van der Waals surface area contributed by atoms with Gasteiger partial charge < -0.3 is 4.90 Å². The van der Waals surface area contributed by atoms with E-state index in [-0.39, 0.29) is 3.32 Å². The minimum atomic E-state index is -0.0546. The molecular formula is C14H23BINO. The van der Waals surface area contributed by atoms with Crippen LogP contribution in [0.1, 0.15) is 58.8 Å². The second-order valence-electron chi connectivity index (χ2n) is 6.25. The van der Waals surface area contributed by atoms with E-state index in [1.54, 1.807) is 0 Å². The molecule has 1 saturated carbocycles. The molecule has 1 amide bonds. The Labute approximate surface area is 126 Å². The Morgan fingerprint density at radius 2 is 2.06 bits per heavy atom. The number of nitrogens with zero attached hydrogens (tertiary/aromatic N) is 1. The quantitative estimate of drug-likeness (QED) is 0.400. The van der Waals surface area contributed by atoms with Gasteiger partial charge in [0.05, 0.1) is 7.85 Å². The lowest BCUT2D eigenvalue weighted by molar-refractivity contribution is -0.130. The third kappa shape index (κ3) is 3.23. The molecule has 4 heteroatoms. The first kappa shape index (κ1) is 14.7. The standard InChI is InChI=1S/C14H23BINO/c1-10(2)17-12-5-3-4-7-14(15,16)8-6-11(12)9-13(17)18/h10-12H,3-9H2,1-2H3. The molecule has 0 spiro atoms. The second-order valence-corrected chi connectivity index (χ2v) is 8.39. The number of hydrogen-bond acceptors (Lipinski definition) is 1. The summed E-state index contributed by atoms with van der Waals surface area (Å²) >= 11 is 2.41. The van der Waals surface area contributed by atoms with Crippen LogP contribution in [0.4, 0.5) is 0 Å². The highest BCUT2D eigenvalue weighted by Gasteiger charge is 2.41. The Kier molecular flexibility index (Phi) is 4.66. The molecule has 1 heterocycles. The molecular weight excluding hydrogens is 336 g/mol. The molecule has 0 aromatic rings. The molecule has 1 aliphatic carbocycles. The molecule has 2 rings (SSSR count). The predicted octanol–water partition coefficient (Wildman–Crippen LogP) is 3.27. The molecule has 0 aromatic carbocycles. The number of likely N-dealkylation sites (tertiary alicyclic amines) is 1. The molecule has 18 heavy (non-hydrogen) atoms. The zero-order valence-corrected chi connectivity index (χ0v) is 13.7. The zero-order valence-electron chi connectivity index (χ0n) is 11.5. The van der Waals surface area contributed by atoms with E-state index in [9.17, 15) is 4.79 Å². The monoisotopic (exact) mass is 359 g/mol. The fourth-order valence-electron chi connectivity index (χ4n) is 3.54. The summed E-state index contributed by atoms with van der Waals surface area (Å²) < 4.78 is -0.0546. The van der Waals surface area contributed by atoms with Crippen molar-refractivity contribution in [2.24, 2.45) is 5.92 Å². The Morgan fingerprint density at radius 1 is 1.33 bits per heavy atom. The van der Waals surface area contributed by atoms with Gasteiger partial charge in [0, 0.05) is 18.5 Å². The third-order valence-corrected chi connectivity index (χ3v) is 5.53. The maximum absolute atomic E-state index is 12.1. The van der Waals surface area contributed by atoms with Crippen LogP contribution >= 0.6 is 22.6 Å². The Balaban J connectivity index is 2.11. The number of amides is 1. The summed E-state index contributed by atoms with van der Waals surface area (Å²) in [5, 5.41) is 0. The van der Waals surface area contributed by atoms with Crippen molar-refractivity contribution in [3.63, 3.8) is 0 Å². The highest BCUT2D eigenvalue weighted by atomic mass is 127. The first-order valence-electron chi connectivity index (χ1n) is 7.20. The van der Waals surface area contributed by atoms with Crippen molar-refractivity contribution in [1.82, 2.24) is 4.90 Å². The van der Waals surface area contributed by atoms with Crippen LogP contribution in [-0.2, 0) is 4.79 Å². The fourth-order valence-corrected chi connectivity index (χ4v) is 4.23. The van der Waals surface area contributed by atoms with Crippen molar-refractivity contribution in [3.8, 4) is 0 Å². The van der Waals surface area contributed by atoms with Crippen molar-refractivity contribution in [3.05, 3.63) is 0 Å². The van der Waals surface area contributed by atoms with E-state index < -0.39 is 0 Å². The summed E-state index contributed by atoms with van der Waals surface area (Å²) in [6.07, 6.45) is 7.59. The Bertz CT molecular complexity index is 319. The molecule has 3 unspecified atom stereocenters. The summed E-state index contributed by atoms with van der Waals surface area (Å²) in [6.45, 7) is 4.27. The van der Waals surface area contributed by atoms with Crippen LogP contribution in [0.5, 0.6) is 0 Å². The number of alkyl halides is 1. The summed E-state index contributed by atoms with van der Waals surface area (Å²) in [6, 6.07) is 0.818. The number of halogens is 1. The maximum Gasteiger partial charge on any atom is 0.223 e. The second kappa shape index (κ2) is 5.72. The van der Waals surface area contributed by atoms with Crippen LogP contribution in [0, 0.1) is 5.92 Å². The first-order valence-corrected chi connectivity index (χ1v) is 8.27. The summed E-state index contributed by atoms with van der Waals surface area (Å²) in [4.78, 5) is 14.3. The van der Waals surface area contributed by atoms with Crippen LogP contribution in [0.3, 0.4) is 0 Å². The number of rotatable bonds is 1. The SMILES string of the molecule is [B]C1(I)CCCCC2C(CC1)CC(=O)N2C(C)C. The van der Waals surface area contributed by atoms with E-state index >= 15 is 0 Å². The lowest BCUT2D eigenvalue weighted by Crippen LogP contribution is -2.40. The van der Waals surface area contributed by atoms with Gasteiger partial charge in [0.2, 0.25) is 5.91 Å².